The first-order valence-corrected chi connectivity index (χ1v) is 8.94. The van der Waals surface area contributed by atoms with E-state index in [-0.39, 0.29) is 5.91 Å². The monoisotopic (exact) mass is 347 g/mol. The summed E-state index contributed by atoms with van der Waals surface area (Å²) in [6.07, 6.45) is 2.22. The number of fused-ring (bicyclic) bond motifs is 1. The molecule has 124 valence electrons. The molecule has 0 aliphatic heterocycles. The number of carbonyl (C=O) groups is 1. The summed E-state index contributed by atoms with van der Waals surface area (Å²) in [5.41, 5.74) is 5.18. The highest BCUT2D eigenvalue weighted by atomic mass is 32.1. The summed E-state index contributed by atoms with van der Waals surface area (Å²) >= 11 is 1.44. The maximum atomic E-state index is 12.4. The Bertz CT molecular complexity index is 1030. The van der Waals surface area contributed by atoms with Crippen molar-refractivity contribution in [2.75, 3.05) is 5.32 Å². The maximum absolute atomic E-state index is 12.4. The molecule has 0 saturated heterocycles. The van der Waals surface area contributed by atoms with Gasteiger partial charge in [-0.1, -0.05) is 48.0 Å². The van der Waals surface area contributed by atoms with Crippen molar-refractivity contribution in [1.29, 1.82) is 0 Å². The minimum atomic E-state index is -0.0606. The molecule has 0 bridgehead atoms. The van der Waals surface area contributed by atoms with Crippen LogP contribution in [0.3, 0.4) is 0 Å². The number of para-hydroxylation sites is 1. The fourth-order valence-corrected chi connectivity index (χ4v) is 3.54. The molecule has 0 aliphatic rings. The van der Waals surface area contributed by atoms with Crippen LogP contribution in [0.1, 0.15) is 11.1 Å². The number of amides is 1. The largest absolute Gasteiger partial charge is 0.361 e. The third-order valence-corrected chi connectivity index (χ3v) is 4.88. The second kappa shape index (κ2) is 6.53. The summed E-state index contributed by atoms with van der Waals surface area (Å²) in [5.74, 6) is -0.0606. The van der Waals surface area contributed by atoms with E-state index in [1.807, 2.05) is 48.0 Å². The Hall–Kier alpha value is -2.92. The van der Waals surface area contributed by atoms with Crippen LogP contribution >= 0.6 is 11.3 Å². The number of aryl methyl sites for hydroxylation is 1. The molecular formula is C20H17N3OS. The van der Waals surface area contributed by atoms with Gasteiger partial charge in [-0.25, -0.2) is 4.98 Å². The minimum absolute atomic E-state index is 0.0606. The summed E-state index contributed by atoms with van der Waals surface area (Å²) in [6, 6.07) is 16.2. The minimum Gasteiger partial charge on any atom is -0.361 e. The molecule has 0 aliphatic carbocycles. The third kappa shape index (κ3) is 3.32. The SMILES string of the molecule is Cc1ccc(-c2csc(NC(=O)Cc3c[nH]c4ccccc34)n2)cc1. The van der Waals surface area contributed by atoms with Crippen LogP contribution in [0.15, 0.2) is 60.1 Å². The van der Waals surface area contributed by atoms with Gasteiger partial charge in [0.25, 0.3) is 0 Å². The second-order valence-corrected chi connectivity index (χ2v) is 6.85. The van der Waals surface area contributed by atoms with E-state index in [1.165, 1.54) is 16.9 Å². The van der Waals surface area contributed by atoms with Gasteiger partial charge in [0.05, 0.1) is 12.1 Å². The highest BCUT2D eigenvalue weighted by molar-refractivity contribution is 7.14. The van der Waals surface area contributed by atoms with E-state index in [2.05, 4.69) is 34.3 Å². The van der Waals surface area contributed by atoms with E-state index in [4.69, 9.17) is 0 Å². The highest BCUT2D eigenvalue weighted by Gasteiger charge is 2.11. The van der Waals surface area contributed by atoms with Crippen molar-refractivity contribution in [2.45, 2.75) is 13.3 Å². The fraction of sp³-hybridized carbons (Fsp3) is 0.100. The van der Waals surface area contributed by atoms with Crippen LogP contribution in [-0.2, 0) is 11.2 Å². The van der Waals surface area contributed by atoms with Crippen molar-refractivity contribution in [3.05, 3.63) is 71.2 Å². The fourth-order valence-electron chi connectivity index (χ4n) is 2.80. The number of hydrogen-bond acceptors (Lipinski definition) is 3. The van der Waals surface area contributed by atoms with Crippen molar-refractivity contribution in [3.63, 3.8) is 0 Å². The molecular weight excluding hydrogens is 330 g/mol. The number of nitrogens with zero attached hydrogens (tertiary/aromatic N) is 1. The Labute approximate surface area is 149 Å². The zero-order valence-corrected chi connectivity index (χ0v) is 14.6. The van der Waals surface area contributed by atoms with Gasteiger partial charge in [-0.05, 0) is 18.6 Å². The van der Waals surface area contributed by atoms with Gasteiger partial charge < -0.3 is 10.3 Å². The van der Waals surface area contributed by atoms with E-state index in [0.29, 0.717) is 11.6 Å². The van der Waals surface area contributed by atoms with Gasteiger partial charge in [-0.15, -0.1) is 11.3 Å². The molecule has 4 rings (SSSR count). The van der Waals surface area contributed by atoms with Crippen LogP contribution in [0, 0.1) is 6.92 Å². The molecule has 2 aromatic heterocycles. The summed E-state index contributed by atoms with van der Waals surface area (Å²) in [7, 11) is 0. The normalized spacial score (nSPS) is 10.9. The summed E-state index contributed by atoms with van der Waals surface area (Å²) < 4.78 is 0. The molecule has 2 aromatic carbocycles. The Kier molecular flexibility index (Phi) is 4.07. The zero-order chi connectivity index (χ0) is 17.2. The van der Waals surface area contributed by atoms with Gasteiger partial charge >= 0.3 is 0 Å². The first-order chi connectivity index (χ1) is 12.2. The van der Waals surface area contributed by atoms with Crippen LogP contribution in [0.5, 0.6) is 0 Å². The molecule has 4 aromatic rings. The highest BCUT2D eigenvalue weighted by Crippen LogP contribution is 2.25. The average molecular weight is 347 g/mol. The van der Waals surface area contributed by atoms with Gasteiger partial charge in [0.1, 0.15) is 0 Å². The number of H-pyrrole nitrogens is 1. The summed E-state index contributed by atoms with van der Waals surface area (Å²) in [5, 5.41) is 6.57. The lowest BCUT2D eigenvalue weighted by Gasteiger charge is -2.01. The molecule has 0 spiro atoms. The smallest absolute Gasteiger partial charge is 0.230 e. The second-order valence-electron chi connectivity index (χ2n) is 5.99. The lowest BCUT2D eigenvalue weighted by Crippen LogP contribution is -2.13. The Morgan fingerprint density at radius 1 is 1.16 bits per heavy atom. The van der Waals surface area contributed by atoms with Crippen LogP contribution in [0.4, 0.5) is 5.13 Å². The van der Waals surface area contributed by atoms with E-state index in [0.717, 1.165) is 27.7 Å². The molecule has 2 N–H and O–H groups in total. The number of thiazole rings is 1. The number of rotatable bonds is 4. The predicted molar refractivity (Wildman–Crippen MR) is 103 cm³/mol. The lowest BCUT2D eigenvalue weighted by atomic mass is 10.1. The van der Waals surface area contributed by atoms with Crippen LogP contribution < -0.4 is 5.32 Å². The van der Waals surface area contributed by atoms with Crippen LogP contribution in [0.25, 0.3) is 22.2 Å². The Balaban J connectivity index is 1.47. The maximum Gasteiger partial charge on any atom is 0.230 e. The first kappa shape index (κ1) is 15.6. The topological polar surface area (TPSA) is 57.8 Å². The lowest BCUT2D eigenvalue weighted by molar-refractivity contribution is -0.115. The number of aromatic amines is 1. The van der Waals surface area contributed by atoms with E-state index >= 15 is 0 Å². The number of anilines is 1. The van der Waals surface area contributed by atoms with Gasteiger partial charge in [-0.3, -0.25) is 4.79 Å². The molecule has 2 heterocycles. The Morgan fingerprint density at radius 2 is 1.96 bits per heavy atom. The molecule has 0 fully saturated rings. The zero-order valence-electron chi connectivity index (χ0n) is 13.7. The molecule has 5 heteroatoms. The molecule has 1 amide bonds. The van der Waals surface area contributed by atoms with Gasteiger partial charge in [0, 0.05) is 28.0 Å². The van der Waals surface area contributed by atoms with Gasteiger partial charge in [0.2, 0.25) is 5.91 Å². The van der Waals surface area contributed by atoms with Crippen molar-refractivity contribution in [1.82, 2.24) is 9.97 Å². The number of aromatic nitrogens is 2. The number of nitrogens with one attached hydrogen (secondary N) is 2. The molecule has 4 nitrogen and oxygen atoms in total. The molecule has 0 atom stereocenters. The summed E-state index contributed by atoms with van der Waals surface area (Å²) in [4.78, 5) is 20.1. The number of carbonyl (C=O) groups excluding carboxylic acids is 1. The molecule has 0 saturated carbocycles. The van der Waals surface area contributed by atoms with Gasteiger partial charge in [0.15, 0.2) is 5.13 Å². The standard InChI is InChI=1S/C20H17N3OS/c1-13-6-8-14(9-7-13)18-12-25-20(22-18)23-19(24)10-15-11-21-17-5-3-2-4-16(15)17/h2-9,11-12,21H,10H2,1H3,(H,22,23,24). The van der Waals surface area contributed by atoms with Crippen molar-refractivity contribution >= 4 is 33.3 Å². The predicted octanol–water partition coefficient (Wildman–Crippen LogP) is 4.78. The van der Waals surface area contributed by atoms with E-state index < -0.39 is 0 Å². The third-order valence-electron chi connectivity index (χ3n) is 4.12. The quantitative estimate of drug-likeness (QED) is 0.558. The van der Waals surface area contributed by atoms with Crippen molar-refractivity contribution in [3.8, 4) is 11.3 Å². The number of benzene rings is 2. The van der Waals surface area contributed by atoms with Gasteiger partial charge in [-0.2, -0.15) is 0 Å². The summed E-state index contributed by atoms with van der Waals surface area (Å²) in [6.45, 7) is 2.06. The van der Waals surface area contributed by atoms with E-state index in [1.54, 1.807) is 0 Å². The van der Waals surface area contributed by atoms with E-state index in [9.17, 15) is 4.79 Å². The Morgan fingerprint density at radius 3 is 2.80 bits per heavy atom. The van der Waals surface area contributed by atoms with Crippen molar-refractivity contribution < 1.29 is 4.79 Å². The molecule has 0 unspecified atom stereocenters. The number of hydrogen-bond donors (Lipinski definition) is 2. The first-order valence-electron chi connectivity index (χ1n) is 8.06. The van der Waals surface area contributed by atoms with Crippen molar-refractivity contribution in [2.24, 2.45) is 0 Å². The molecule has 25 heavy (non-hydrogen) atoms. The average Bonchev–Trinajstić information content (AvgIpc) is 3.23. The van der Waals surface area contributed by atoms with Crippen LogP contribution in [0.2, 0.25) is 0 Å². The van der Waals surface area contributed by atoms with Crippen LogP contribution in [-0.4, -0.2) is 15.9 Å². The molecule has 0 radical (unpaired) electrons.